The molecule has 138 valence electrons. The van der Waals surface area contributed by atoms with E-state index in [9.17, 15) is 4.79 Å². The molecule has 6 heteroatoms. The molecule has 1 heterocycles. The van der Waals surface area contributed by atoms with Crippen LogP contribution in [-0.2, 0) is 17.7 Å². The third-order valence-electron chi connectivity index (χ3n) is 4.84. The minimum atomic E-state index is -0.0637. The Morgan fingerprint density at radius 1 is 1.15 bits per heavy atom. The van der Waals surface area contributed by atoms with E-state index in [-0.39, 0.29) is 5.56 Å². The molecule has 0 spiro atoms. The van der Waals surface area contributed by atoms with Crippen molar-refractivity contribution in [2.24, 2.45) is 5.10 Å². The van der Waals surface area contributed by atoms with Gasteiger partial charge in [0.2, 0.25) is 5.95 Å². The first-order valence-corrected chi connectivity index (χ1v) is 9.17. The van der Waals surface area contributed by atoms with Crippen LogP contribution in [-0.4, -0.2) is 29.0 Å². The lowest BCUT2D eigenvalue weighted by Crippen LogP contribution is -2.25. The number of aromatic nitrogens is 2. The van der Waals surface area contributed by atoms with E-state index in [2.05, 4.69) is 27.6 Å². The van der Waals surface area contributed by atoms with Crippen LogP contribution in [0.25, 0.3) is 10.9 Å². The summed E-state index contributed by atoms with van der Waals surface area (Å²) < 4.78 is 6.77. The number of rotatable bonds is 6. The topological polar surface area (TPSA) is 68.5 Å². The number of nitrogens with zero attached hydrogens (tertiary/aromatic N) is 3. The number of nitrogens with one attached hydrogen (secondary N) is 1. The van der Waals surface area contributed by atoms with E-state index in [1.54, 1.807) is 17.7 Å². The second-order valence-electron chi connectivity index (χ2n) is 6.58. The molecule has 4 rings (SSSR count). The molecule has 0 unspecified atom stereocenters. The highest BCUT2D eigenvalue weighted by molar-refractivity contribution is 6.04. The maximum atomic E-state index is 12.9. The van der Waals surface area contributed by atoms with Gasteiger partial charge in [-0.25, -0.2) is 10.4 Å². The summed E-state index contributed by atoms with van der Waals surface area (Å²) in [5.74, 6) is 0.465. The fourth-order valence-electron chi connectivity index (χ4n) is 3.47. The molecule has 0 bridgehead atoms. The molecular formula is C21H22N4O2. The molecule has 1 aromatic heterocycles. The minimum Gasteiger partial charge on any atom is -0.385 e. The Morgan fingerprint density at radius 2 is 1.96 bits per heavy atom. The summed E-state index contributed by atoms with van der Waals surface area (Å²) in [6.45, 7) is 1.11. The summed E-state index contributed by atoms with van der Waals surface area (Å²) in [6.07, 6.45) is 2.60. The molecule has 6 nitrogen and oxygen atoms in total. The van der Waals surface area contributed by atoms with Gasteiger partial charge in [-0.05, 0) is 37.0 Å². The number of aryl methyl sites for hydroxylation is 1. The molecule has 0 saturated heterocycles. The number of fused-ring (bicyclic) bond motifs is 2. The number of para-hydroxylation sites is 1. The molecule has 1 aliphatic rings. The second-order valence-corrected chi connectivity index (χ2v) is 6.58. The van der Waals surface area contributed by atoms with Crippen LogP contribution < -0.4 is 11.0 Å². The number of methoxy groups -OCH3 is 1. The first-order valence-electron chi connectivity index (χ1n) is 9.17. The SMILES string of the molecule is COCCCn1c(N/N=C2/CCc3ccccc32)nc2ccccc2c1=O. The lowest BCUT2D eigenvalue weighted by molar-refractivity contribution is 0.190. The predicted molar refractivity (Wildman–Crippen MR) is 107 cm³/mol. The lowest BCUT2D eigenvalue weighted by Gasteiger charge is -2.13. The Morgan fingerprint density at radius 3 is 2.85 bits per heavy atom. The fourth-order valence-corrected chi connectivity index (χ4v) is 3.47. The quantitative estimate of drug-likeness (QED) is 0.540. The Labute approximate surface area is 157 Å². The van der Waals surface area contributed by atoms with E-state index in [1.807, 2.05) is 30.3 Å². The standard InChI is InChI=1S/C21H22N4O2/c1-27-14-6-13-25-20(26)17-9-4-5-10-18(17)22-21(25)24-23-19-12-11-15-7-2-3-8-16(15)19/h2-5,7-10H,6,11-14H2,1H3,(H,22,24)/b23-19-. The van der Waals surface area contributed by atoms with E-state index in [1.165, 1.54) is 11.1 Å². The minimum absolute atomic E-state index is 0.0637. The Hall–Kier alpha value is -2.99. The van der Waals surface area contributed by atoms with Crippen LogP contribution in [0.3, 0.4) is 0 Å². The van der Waals surface area contributed by atoms with Gasteiger partial charge in [-0.1, -0.05) is 36.4 Å². The highest BCUT2D eigenvalue weighted by Gasteiger charge is 2.17. The van der Waals surface area contributed by atoms with Crippen molar-refractivity contribution in [2.75, 3.05) is 19.1 Å². The number of ether oxygens (including phenoxy) is 1. The summed E-state index contributed by atoms with van der Waals surface area (Å²) in [6, 6.07) is 15.7. The first-order chi connectivity index (χ1) is 13.3. The maximum absolute atomic E-state index is 12.9. The molecular weight excluding hydrogens is 340 g/mol. The number of hydrazone groups is 1. The molecule has 2 aromatic carbocycles. The van der Waals surface area contributed by atoms with E-state index < -0.39 is 0 Å². The maximum Gasteiger partial charge on any atom is 0.262 e. The van der Waals surface area contributed by atoms with Crippen molar-refractivity contribution in [2.45, 2.75) is 25.8 Å². The number of hydrogen-bond donors (Lipinski definition) is 1. The van der Waals surface area contributed by atoms with Gasteiger partial charge in [0.05, 0.1) is 16.6 Å². The van der Waals surface area contributed by atoms with Crippen molar-refractivity contribution < 1.29 is 4.74 Å². The molecule has 0 aliphatic heterocycles. The van der Waals surface area contributed by atoms with Crippen LogP contribution in [0.2, 0.25) is 0 Å². The van der Waals surface area contributed by atoms with Gasteiger partial charge >= 0.3 is 0 Å². The average Bonchev–Trinajstić information content (AvgIpc) is 3.12. The zero-order valence-electron chi connectivity index (χ0n) is 15.3. The summed E-state index contributed by atoms with van der Waals surface area (Å²) in [5, 5.41) is 5.20. The number of anilines is 1. The smallest absolute Gasteiger partial charge is 0.262 e. The van der Waals surface area contributed by atoms with Crippen LogP contribution >= 0.6 is 0 Å². The van der Waals surface area contributed by atoms with Crippen LogP contribution in [0.4, 0.5) is 5.95 Å². The molecule has 1 aliphatic carbocycles. The van der Waals surface area contributed by atoms with Gasteiger partial charge in [0, 0.05) is 25.8 Å². The zero-order chi connectivity index (χ0) is 18.6. The monoisotopic (exact) mass is 362 g/mol. The van der Waals surface area contributed by atoms with Gasteiger partial charge in [0.1, 0.15) is 0 Å². The van der Waals surface area contributed by atoms with Gasteiger partial charge in [0.25, 0.3) is 5.56 Å². The van der Waals surface area contributed by atoms with Crippen molar-refractivity contribution in [1.29, 1.82) is 0 Å². The number of hydrogen-bond acceptors (Lipinski definition) is 5. The summed E-state index contributed by atoms with van der Waals surface area (Å²) in [4.78, 5) is 17.6. The van der Waals surface area contributed by atoms with E-state index in [0.29, 0.717) is 30.0 Å². The predicted octanol–water partition coefficient (Wildman–Crippen LogP) is 3.20. The van der Waals surface area contributed by atoms with E-state index in [0.717, 1.165) is 25.0 Å². The fraction of sp³-hybridized carbons (Fsp3) is 0.286. The lowest BCUT2D eigenvalue weighted by atomic mass is 10.1. The van der Waals surface area contributed by atoms with Crippen LogP contribution in [0.15, 0.2) is 58.4 Å². The molecule has 0 amide bonds. The van der Waals surface area contributed by atoms with Crippen molar-refractivity contribution in [3.63, 3.8) is 0 Å². The third kappa shape index (κ3) is 3.48. The highest BCUT2D eigenvalue weighted by atomic mass is 16.5. The zero-order valence-corrected chi connectivity index (χ0v) is 15.3. The van der Waals surface area contributed by atoms with Crippen LogP contribution in [0.5, 0.6) is 0 Å². The molecule has 0 fully saturated rings. The third-order valence-corrected chi connectivity index (χ3v) is 4.84. The molecule has 0 saturated carbocycles. The molecule has 1 N–H and O–H groups in total. The molecule has 3 aromatic rings. The summed E-state index contributed by atoms with van der Waals surface area (Å²) in [7, 11) is 1.66. The van der Waals surface area contributed by atoms with Gasteiger partial charge < -0.3 is 4.74 Å². The van der Waals surface area contributed by atoms with Crippen molar-refractivity contribution in [3.8, 4) is 0 Å². The largest absolute Gasteiger partial charge is 0.385 e. The van der Waals surface area contributed by atoms with E-state index >= 15 is 0 Å². The summed E-state index contributed by atoms with van der Waals surface area (Å²) in [5.41, 5.74) is 7.13. The first kappa shape index (κ1) is 17.4. The van der Waals surface area contributed by atoms with E-state index in [4.69, 9.17) is 4.74 Å². The highest BCUT2D eigenvalue weighted by Crippen LogP contribution is 2.22. The normalized spacial score (nSPS) is 14.6. The molecule has 0 radical (unpaired) electrons. The van der Waals surface area contributed by atoms with Crippen LogP contribution in [0.1, 0.15) is 24.0 Å². The van der Waals surface area contributed by atoms with Crippen molar-refractivity contribution in [1.82, 2.24) is 9.55 Å². The van der Waals surface area contributed by atoms with Gasteiger partial charge in [0.15, 0.2) is 0 Å². The van der Waals surface area contributed by atoms with Gasteiger partial charge in [-0.3, -0.25) is 9.36 Å². The van der Waals surface area contributed by atoms with Gasteiger partial charge in [-0.15, -0.1) is 0 Å². The second kappa shape index (κ2) is 7.72. The Bertz CT molecular complexity index is 1060. The Kier molecular flexibility index (Phi) is 4.98. The molecule has 0 atom stereocenters. The Balaban J connectivity index is 1.71. The number of benzene rings is 2. The summed E-state index contributed by atoms with van der Waals surface area (Å²) >= 11 is 0. The molecule has 27 heavy (non-hydrogen) atoms. The van der Waals surface area contributed by atoms with Gasteiger partial charge in [-0.2, -0.15) is 5.10 Å². The van der Waals surface area contributed by atoms with Crippen LogP contribution in [0, 0.1) is 0 Å². The van der Waals surface area contributed by atoms with Crippen molar-refractivity contribution in [3.05, 3.63) is 70.0 Å². The average molecular weight is 362 g/mol. The van der Waals surface area contributed by atoms with Crippen molar-refractivity contribution >= 4 is 22.6 Å².